The van der Waals surface area contributed by atoms with Gasteiger partial charge in [0.05, 0.1) is 17.7 Å². The largest absolute Gasteiger partial charge is 0.495 e. The second-order valence-corrected chi connectivity index (χ2v) is 7.15. The second-order valence-electron chi connectivity index (χ2n) is 6.31. The van der Waals surface area contributed by atoms with Crippen molar-refractivity contribution in [3.63, 3.8) is 0 Å². The van der Waals surface area contributed by atoms with Crippen molar-refractivity contribution in [2.45, 2.75) is 19.9 Å². The van der Waals surface area contributed by atoms with Gasteiger partial charge in [0.1, 0.15) is 11.4 Å². The van der Waals surface area contributed by atoms with Gasteiger partial charge in [-0.15, -0.1) is 0 Å². The minimum Gasteiger partial charge on any atom is -0.495 e. The predicted octanol–water partition coefficient (Wildman–Crippen LogP) is 4.60. The molecule has 1 heterocycles. The zero-order valence-electron chi connectivity index (χ0n) is 15.0. The van der Waals surface area contributed by atoms with Crippen LogP contribution in [-0.2, 0) is 9.59 Å². The van der Waals surface area contributed by atoms with E-state index in [9.17, 15) is 9.59 Å². The Balaban J connectivity index is 2.08. The zero-order chi connectivity index (χ0) is 19.7. The molecule has 0 atom stereocenters. The molecule has 0 saturated carbocycles. The van der Waals surface area contributed by atoms with Crippen molar-refractivity contribution >= 4 is 46.3 Å². The summed E-state index contributed by atoms with van der Waals surface area (Å²) in [4.78, 5) is 27.1. The molecule has 2 amide bonds. The first-order valence-corrected chi connectivity index (χ1v) is 9.07. The molecule has 2 aromatic carbocycles. The van der Waals surface area contributed by atoms with Crippen molar-refractivity contribution < 1.29 is 14.3 Å². The molecule has 0 saturated heterocycles. The van der Waals surface area contributed by atoms with Crippen LogP contribution in [-0.4, -0.2) is 29.9 Å². The van der Waals surface area contributed by atoms with Crippen LogP contribution in [0.15, 0.2) is 48.2 Å². The summed E-state index contributed by atoms with van der Waals surface area (Å²) in [5, 5.41) is 4.00. The number of nitrogens with one attached hydrogen (secondary N) is 1. The summed E-state index contributed by atoms with van der Waals surface area (Å²) in [6.45, 7) is 3.59. The molecule has 1 aliphatic heterocycles. The van der Waals surface area contributed by atoms with E-state index in [0.29, 0.717) is 32.6 Å². The molecule has 7 heteroatoms. The summed E-state index contributed by atoms with van der Waals surface area (Å²) < 4.78 is 5.14. The molecule has 5 nitrogen and oxygen atoms in total. The van der Waals surface area contributed by atoms with Crippen LogP contribution in [0, 0.1) is 0 Å². The first kappa shape index (κ1) is 19.3. The molecule has 2 aromatic rings. The smallest absolute Gasteiger partial charge is 0.278 e. The Bertz CT molecular complexity index is 937. The van der Waals surface area contributed by atoms with Crippen LogP contribution in [0.2, 0.25) is 10.0 Å². The lowest BCUT2D eigenvalue weighted by Gasteiger charge is -2.19. The average molecular weight is 405 g/mol. The Hall–Kier alpha value is -2.50. The van der Waals surface area contributed by atoms with E-state index >= 15 is 0 Å². The number of methoxy groups -OCH3 is 1. The fraction of sp³-hybridized carbons (Fsp3) is 0.200. The van der Waals surface area contributed by atoms with Crippen LogP contribution in [0.4, 0.5) is 5.69 Å². The van der Waals surface area contributed by atoms with E-state index in [1.54, 1.807) is 56.3 Å². The molecule has 3 rings (SSSR count). The van der Waals surface area contributed by atoms with Gasteiger partial charge in [0.2, 0.25) is 0 Å². The summed E-state index contributed by atoms with van der Waals surface area (Å²) in [5.74, 6) is -0.210. The van der Waals surface area contributed by atoms with Gasteiger partial charge in [0.25, 0.3) is 11.8 Å². The first-order valence-electron chi connectivity index (χ1n) is 8.32. The van der Waals surface area contributed by atoms with Gasteiger partial charge in [-0.3, -0.25) is 14.5 Å². The van der Waals surface area contributed by atoms with Gasteiger partial charge < -0.3 is 10.1 Å². The Kier molecular flexibility index (Phi) is 5.44. The maximum absolute atomic E-state index is 12.9. The van der Waals surface area contributed by atoms with Crippen molar-refractivity contribution in [1.82, 2.24) is 4.90 Å². The molecule has 1 aliphatic rings. The van der Waals surface area contributed by atoms with E-state index in [1.165, 1.54) is 12.0 Å². The van der Waals surface area contributed by atoms with E-state index in [1.807, 2.05) is 0 Å². The van der Waals surface area contributed by atoms with Gasteiger partial charge in [0.15, 0.2) is 0 Å². The third-order valence-electron chi connectivity index (χ3n) is 4.19. The molecule has 1 N–H and O–H groups in total. The Labute approximate surface area is 167 Å². The number of rotatable bonds is 5. The van der Waals surface area contributed by atoms with E-state index in [2.05, 4.69) is 5.32 Å². The van der Waals surface area contributed by atoms with Crippen molar-refractivity contribution in [1.29, 1.82) is 0 Å². The Morgan fingerprint density at radius 2 is 1.67 bits per heavy atom. The van der Waals surface area contributed by atoms with Crippen LogP contribution in [0.5, 0.6) is 5.75 Å². The molecule has 0 aromatic heterocycles. The van der Waals surface area contributed by atoms with Gasteiger partial charge >= 0.3 is 0 Å². The number of carbonyl (C=O) groups is 2. The Morgan fingerprint density at radius 3 is 2.22 bits per heavy atom. The zero-order valence-corrected chi connectivity index (χ0v) is 16.6. The number of anilines is 1. The maximum atomic E-state index is 12.9. The molecule has 0 fully saturated rings. The topological polar surface area (TPSA) is 58.6 Å². The molecule has 0 unspecified atom stereocenters. The number of nitrogens with zero attached hydrogens (tertiary/aromatic N) is 1. The lowest BCUT2D eigenvalue weighted by molar-refractivity contribution is -0.138. The monoisotopic (exact) mass is 404 g/mol. The minimum atomic E-state index is -0.383. The fourth-order valence-electron chi connectivity index (χ4n) is 2.90. The summed E-state index contributed by atoms with van der Waals surface area (Å²) in [5.41, 5.74) is 1.70. The Morgan fingerprint density at radius 1 is 1.00 bits per heavy atom. The summed E-state index contributed by atoms with van der Waals surface area (Å²) >= 11 is 12.1. The summed E-state index contributed by atoms with van der Waals surface area (Å²) in [6.07, 6.45) is 0. The average Bonchev–Trinajstić information content (AvgIpc) is 2.86. The van der Waals surface area contributed by atoms with Crippen molar-refractivity contribution in [3.05, 3.63) is 63.8 Å². The minimum absolute atomic E-state index is 0.206. The van der Waals surface area contributed by atoms with Crippen molar-refractivity contribution in [3.8, 4) is 5.75 Å². The first-order chi connectivity index (χ1) is 12.8. The van der Waals surface area contributed by atoms with Crippen LogP contribution in [0.25, 0.3) is 5.57 Å². The molecule has 0 bridgehead atoms. The number of imide groups is 1. The molecular formula is C20H18Cl2N2O3. The van der Waals surface area contributed by atoms with Crippen LogP contribution < -0.4 is 10.1 Å². The van der Waals surface area contributed by atoms with E-state index in [4.69, 9.17) is 27.9 Å². The number of halogens is 2. The molecule has 140 valence electrons. The SMILES string of the molecule is COc1ccc(NC2=C(c3ccc(Cl)cc3)C(=O)N(C(C)C)C2=O)cc1Cl. The lowest BCUT2D eigenvalue weighted by atomic mass is 10.0. The van der Waals surface area contributed by atoms with Crippen LogP contribution in [0.1, 0.15) is 19.4 Å². The van der Waals surface area contributed by atoms with Crippen LogP contribution >= 0.6 is 23.2 Å². The summed E-state index contributed by atoms with van der Waals surface area (Å²) in [6, 6.07) is 11.6. The molecule has 0 radical (unpaired) electrons. The maximum Gasteiger partial charge on any atom is 0.278 e. The van der Waals surface area contributed by atoms with Crippen molar-refractivity contribution in [2.24, 2.45) is 0 Å². The molecular weight excluding hydrogens is 387 g/mol. The standard InChI is InChI=1S/C20H18Cl2N2O3/c1-11(2)24-19(25)17(12-4-6-13(21)7-5-12)18(20(24)26)23-14-8-9-16(27-3)15(22)10-14/h4-11,23H,1-3H3. The van der Waals surface area contributed by atoms with E-state index < -0.39 is 0 Å². The molecule has 27 heavy (non-hydrogen) atoms. The van der Waals surface area contributed by atoms with Gasteiger partial charge in [0, 0.05) is 16.8 Å². The molecule has 0 spiro atoms. The lowest BCUT2D eigenvalue weighted by Crippen LogP contribution is -2.38. The third-order valence-corrected chi connectivity index (χ3v) is 4.73. The second kappa shape index (κ2) is 7.62. The van der Waals surface area contributed by atoms with E-state index in [-0.39, 0.29) is 23.6 Å². The number of hydrogen-bond acceptors (Lipinski definition) is 4. The van der Waals surface area contributed by atoms with Crippen molar-refractivity contribution in [2.75, 3.05) is 12.4 Å². The van der Waals surface area contributed by atoms with Crippen LogP contribution in [0.3, 0.4) is 0 Å². The number of hydrogen-bond donors (Lipinski definition) is 1. The van der Waals surface area contributed by atoms with Gasteiger partial charge in [-0.2, -0.15) is 0 Å². The predicted molar refractivity (Wildman–Crippen MR) is 107 cm³/mol. The number of ether oxygens (including phenoxy) is 1. The third kappa shape index (κ3) is 3.66. The number of benzene rings is 2. The van der Waals surface area contributed by atoms with Gasteiger partial charge in [-0.05, 0) is 49.7 Å². The molecule has 0 aliphatic carbocycles. The quantitative estimate of drug-likeness (QED) is 0.739. The highest BCUT2D eigenvalue weighted by Gasteiger charge is 2.40. The van der Waals surface area contributed by atoms with Gasteiger partial charge in [-0.1, -0.05) is 35.3 Å². The van der Waals surface area contributed by atoms with E-state index in [0.717, 1.165) is 0 Å². The number of carbonyl (C=O) groups excluding carboxylic acids is 2. The summed E-state index contributed by atoms with van der Waals surface area (Å²) in [7, 11) is 1.52. The fourth-order valence-corrected chi connectivity index (χ4v) is 3.29. The number of amides is 2. The highest BCUT2D eigenvalue weighted by atomic mass is 35.5. The van der Waals surface area contributed by atoms with Gasteiger partial charge in [-0.25, -0.2) is 0 Å². The normalized spacial score (nSPS) is 14.4. The highest BCUT2D eigenvalue weighted by Crippen LogP contribution is 2.34. The highest BCUT2D eigenvalue weighted by molar-refractivity contribution is 6.37.